The largest absolute Gasteiger partial charge is 0.503 e. The van der Waals surface area contributed by atoms with Gasteiger partial charge in [-0.25, -0.2) is 4.39 Å². The average Bonchev–Trinajstić information content (AvgIpc) is 3.39. The third-order valence-corrected chi connectivity index (χ3v) is 6.00. The summed E-state index contributed by atoms with van der Waals surface area (Å²) in [6.45, 7) is 0.0200. The van der Waals surface area contributed by atoms with Crippen LogP contribution >= 0.6 is 11.6 Å². The highest BCUT2D eigenvalue weighted by molar-refractivity contribution is 6.31. The number of benzene rings is 2. The highest BCUT2D eigenvalue weighted by atomic mass is 35.5. The number of hydrogen-bond acceptors (Lipinski definition) is 6. The summed E-state index contributed by atoms with van der Waals surface area (Å²) < 4.78 is 24.7. The molecule has 2 aromatic carbocycles. The summed E-state index contributed by atoms with van der Waals surface area (Å²) >= 11 is 6.13. The zero-order valence-corrected chi connectivity index (χ0v) is 19.1. The minimum Gasteiger partial charge on any atom is -0.503 e. The van der Waals surface area contributed by atoms with E-state index in [-0.39, 0.29) is 17.9 Å². The summed E-state index contributed by atoms with van der Waals surface area (Å²) in [7, 11) is 1.44. The van der Waals surface area contributed by atoms with E-state index in [2.05, 4.69) is 4.98 Å². The van der Waals surface area contributed by atoms with Gasteiger partial charge in [0.25, 0.3) is 5.91 Å². The van der Waals surface area contributed by atoms with E-state index in [9.17, 15) is 19.1 Å². The van der Waals surface area contributed by atoms with Gasteiger partial charge < -0.3 is 19.2 Å². The third kappa shape index (κ3) is 4.02. The molecule has 7 nitrogen and oxygen atoms in total. The van der Waals surface area contributed by atoms with Gasteiger partial charge in [-0.2, -0.15) is 0 Å². The van der Waals surface area contributed by atoms with Crippen LogP contribution in [0.25, 0.3) is 11.0 Å². The number of amides is 1. The number of aliphatic hydroxyl groups excluding tert-OH is 1. The van der Waals surface area contributed by atoms with Crippen LogP contribution in [0.5, 0.6) is 5.75 Å². The number of carbonyl (C=O) groups is 2. The van der Waals surface area contributed by atoms with Crippen molar-refractivity contribution >= 4 is 34.3 Å². The fourth-order valence-corrected chi connectivity index (χ4v) is 4.41. The summed E-state index contributed by atoms with van der Waals surface area (Å²) in [5, 5.41) is 11.7. The Morgan fingerprint density at radius 2 is 1.97 bits per heavy atom. The lowest BCUT2D eigenvalue weighted by Gasteiger charge is -2.26. The van der Waals surface area contributed by atoms with Crippen molar-refractivity contribution in [3.63, 3.8) is 0 Å². The van der Waals surface area contributed by atoms with Crippen molar-refractivity contribution in [2.45, 2.75) is 12.6 Å². The first-order chi connectivity index (χ1) is 16.9. The average molecular weight is 493 g/mol. The molecule has 3 heterocycles. The number of ketones is 1. The van der Waals surface area contributed by atoms with Crippen LogP contribution in [0.15, 0.2) is 82.6 Å². The smallest absolute Gasteiger partial charge is 0.290 e. The Balaban J connectivity index is 1.61. The van der Waals surface area contributed by atoms with Gasteiger partial charge in [0.15, 0.2) is 22.9 Å². The van der Waals surface area contributed by atoms with E-state index >= 15 is 0 Å². The Kier molecular flexibility index (Phi) is 5.74. The van der Waals surface area contributed by atoms with Crippen molar-refractivity contribution in [2.75, 3.05) is 7.11 Å². The molecular formula is C26H18ClFN2O5. The van der Waals surface area contributed by atoms with Crippen molar-refractivity contribution in [2.24, 2.45) is 0 Å². The van der Waals surface area contributed by atoms with Gasteiger partial charge in [-0.05, 0) is 42.0 Å². The monoisotopic (exact) mass is 492 g/mol. The van der Waals surface area contributed by atoms with E-state index < -0.39 is 29.3 Å². The Morgan fingerprint density at radius 3 is 2.66 bits per heavy atom. The molecule has 4 aromatic rings. The van der Waals surface area contributed by atoms with Crippen molar-refractivity contribution in [3.8, 4) is 5.75 Å². The maximum atomic E-state index is 13.7. The number of aromatic nitrogens is 1. The van der Waals surface area contributed by atoms with Gasteiger partial charge in [0.05, 0.1) is 31.0 Å². The number of furan rings is 1. The molecule has 0 aliphatic carbocycles. The summed E-state index contributed by atoms with van der Waals surface area (Å²) in [4.78, 5) is 32.3. The Labute approximate surface area is 204 Å². The molecule has 1 unspecified atom stereocenters. The Bertz CT molecular complexity index is 1480. The van der Waals surface area contributed by atoms with Gasteiger partial charge in [0.2, 0.25) is 5.78 Å². The molecule has 1 aliphatic rings. The molecule has 0 radical (unpaired) electrons. The summed E-state index contributed by atoms with van der Waals surface area (Å²) in [6, 6.07) is 14.2. The second kappa shape index (κ2) is 8.88. The van der Waals surface area contributed by atoms with E-state index in [4.69, 9.17) is 20.8 Å². The van der Waals surface area contributed by atoms with E-state index in [1.165, 1.54) is 42.3 Å². The van der Waals surface area contributed by atoms with Crippen LogP contribution < -0.4 is 4.74 Å². The molecule has 1 N–H and O–H groups in total. The van der Waals surface area contributed by atoms with Crippen LogP contribution in [0.2, 0.25) is 5.02 Å². The summed E-state index contributed by atoms with van der Waals surface area (Å²) in [5.41, 5.74) is 1.12. The number of fused-ring (bicyclic) bond motifs is 1. The lowest BCUT2D eigenvalue weighted by atomic mass is 9.95. The van der Waals surface area contributed by atoms with Crippen LogP contribution in [-0.2, 0) is 11.3 Å². The second-order valence-electron chi connectivity index (χ2n) is 7.94. The fraction of sp³-hybridized carbons (Fsp3) is 0.115. The first kappa shape index (κ1) is 22.6. The van der Waals surface area contributed by atoms with Gasteiger partial charge >= 0.3 is 0 Å². The highest BCUT2D eigenvalue weighted by Gasteiger charge is 2.44. The number of ether oxygens (including phenoxy) is 1. The molecule has 0 fully saturated rings. The van der Waals surface area contributed by atoms with Crippen molar-refractivity contribution in [1.82, 2.24) is 9.88 Å². The SMILES string of the molecule is COc1cc(Cl)cc2cc(C(=O)C3=C(O)C(=O)N(Cc4ccccn4)C3c3ccc(F)cc3)oc12. The van der Waals surface area contributed by atoms with Crippen molar-refractivity contribution in [1.29, 1.82) is 0 Å². The summed E-state index contributed by atoms with van der Waals surface area (Å²) in [5.74, 6) is -2.39. The zero-order valence-electron chi connectivity index (χ0n) is 18.4. The number of carbonyl (C=O) groups excluding carboxylic acids is 2. The van der Waals surface area contributed by atoms with Crippen molar-refractivity contribution < 1.29 is 28.2 Å². The number of halogens is 2. The molecule has 1 amide bonds. The molecule has 35 heavy (non-hydrogen) atoms. The number of Topliss-reactive ketones (excluding diaryl/α,β-unsaturated/α-hetero) is 1. The molecule has 176 valence electrons. The number of methoxy groups -OCH3 is 1. The molecular weight excluding hydrogens is 475 g/mol. The molecule has 2 aromatic heterocycles. The standard InChI is InChI=1S/C26H18ClFN2O5/c1-34-20-12-16(27)10-15-11-19(35-25(15)20)23(31)21-22(14-5-7-17(28)8-6-14)30(26(33)24(21)32)13-18-4-2-3-9-29-18/h2-12,22,32H,13H2,1H3. The number of nitrogens with zero attached hydrogens (tertiary/aromatic N) is 2. The summed E-state index contributed by atoms with van der Waals surface area (Å²) in [6.07, 6.45) is 1.58. The van der Waals surface area contributed by atoms with E-state index in [0.717, 1.165) is 0 Å². The number of hydrogen-bond donors (Lipinski definition) is 1. The Morgan fingerprint density at radius 1 is 1.20 bits per heavy atom. The van der Waals surface area contributed by atoms with E-state index in [0.29, 0.717) is 33.0 Å². The van der Waals surface area contributed by atoms with E-state index in [1.807, 2.05) is 0 Å². The van der Waals surface area contributed by atoms with Crippen LogP contribution in [0, 0.1) is 5.82 Å². The molecule has 1 atom stereocenters. The molecule has 0 spiro atoms. The number of aliphatic hydroxyl groups is 1. The predicted octanol–water partition coefficient (Wildman–Crippen LogP) is 5.41. The minimum absolute atomic E-state index is 0.0200. The quantitative estimate of drug-likeness (QED) is 0.362. The maximum Gasteiger partial charge on any atom is 0.290 e. The topological polar surface area (TPSA) is 92.9 Å². The van der Waals surface area contributed by atoms with Crippen molar-refractivity contribution in [3.05, 3.63) is 106 Å². The molecule has 0 saturated carbocycles. The molecule has 0 saturated heterocycles. The normalized spacial score (nSPS) is 15.8. The van der Waals surface area contributed by atoms with Crippen LogP contribution in [-0.4, -0.2) is 33.8 Å². The minimum atomic E-state index is -0.990. The first-order valence-electron chi connectivity index (χ1n) is 10.6. The van der Waals surface area contributed by atoms with Crippen LogP contribution in [0.4, 0.5) is 4.39 Å². The van der Waals surface area contributed by atoms with Gasteiger partial charge in [-0.15, -0.1) is 0 Å². The van der Waals surface area contributed by atoms with Gasteiger partial charge in [0, 0.05) is 22.7 Å². The van der Waals surface area contributed by atoms with Crippen LogP contribution in [0.1, 0.15) is 27.9 Å². The molecule has 0 bridgehead atoms. The maximum absolute atomic E-state index is 13.7. The molecule has 1 aliphatic heterocycles. The number of rotatable bonds is 6. The van der Waals surface area contributed by atoms with Gasteiger partial charge in [-0.3, -0.25) is 14.6 Å². The zero-order chi connectivity index (χ0) is 24.7. The van der Waals surface area contributed by atoms with Gasteiger partial charge in [0.1, 0.15) is 5.82 Å². The predicted molar refractivity (Wildman–Crippen MR) is 126 cm³/mol. The second-order valence-corrected chi connectivity index (χ2v) is 8.37. The Hall–Kier alpha value is -4.17. The lowest BCUT2D eigenvalue weighted by Crippen LogP contribution is -2.31. The molecule has 5 rings (SSSR count). The highest BCUT2D eigenvalue weighted by Crippen LogP contribution is 2.41. The fourth-order valence-electron chi connectivity index (χ4n) is 4.19. The molecule has 9 heteroatoms. The third-order valence-electron chi connectivity index (χ3n) is 5.78. The van der Waals surface area contributed by atoms with E-state index in [1.54, 1.807) is 36.5 Å². The van der Waals surface area contributed by atoms with Gasteiger partial charge in [-0.1, -0.05) is 29.8 Å². The lowest BCUT2D eigenvalue weighted by molar-refractivity contribution is -0.130. The first-order valence-corrected chi connectivity index (χ1v) is 11.0. The van der Waals surface area contributed by atoms with Crippen LogP contribution in [0.3, 0.4) is 0 Å². The number of pyridine rings is 1.